The molecule has 0 radical (unpaired) electrons. The second-order valence-electron chi connectivity index (χ2n) is 7.46. The highest BCUT2D eigenvalue weighted by molar-refractivity contribution is 9.10. The van der Waals surface area contributed by atoms with Gasteiger partial charge in [0.1, 0.15) is 0 Å². The molecule has 0 N–H and O–H groups in total. The molecule has 0 aliphatic rings. The first-order valence-electron chi connectivity index (χ1n) is 8.04. The lowest BCUT2D eigenvalue weighted by atomic mass is 10.1. The van der Waals surface area contributed by atoms with Gasteiger partial charge in [-0.1, -0.05) is 48.9 Å². The van der Waals surface area contributed by atoms with Crippen molar-refractivity contribution in [1.82, 2.24) is 9.78 Å². The van der Waals surface area contributed by atoms with E-state index in [1.807, 2.05) is 17.9 Å². The van der Waals surface area contributed by atoms with E-state index < -0.39 is 8.32 Å². The molecular weight excluding hydrogens is 368 g/mol. The molecular formula is C18H27BrN2OSi. The SMILES string of the molecule is Cn1ncc2c(/C=C/CCO[Si](C)(C)C(C)(C)C)c(Br)ccc21. The van der Waals surface area contributed by atoms with Crippen LogP contribution in [0.2, 0.25) is 18.1 Å². The van der Waals surface area contributed by atoms with Gasteiger partial charge in [0, 0.05) is 23.5 Å². The molecule has 0 aliphatic carbocycles. The van der Waals surface area contributed by atoms with Gasteiger partial charge in [-0.25, -0.2) is 0 Å². The van der Waals surface area contributed by atoms with E-state index in [4.69, 9.17) is 4.43 Å². The van der Waals surface area contributed by atoms with Crippen molar-refractivity contribution in [2.24, 2.45) is 7.05 Å². The Morgan fingerprint density at radius 1 is 1.30 bits per heavy atom. The van der Waals surface area contributed by atoms with Gasteiger partial charge >= 0.3 is 0 Å². The maximum atomic E-state index is 6.21. The van der Waals surface area contributed by atoms with E-state index >= 15 is 0 Å². The number of fused-ring (bicyclic) bond motifs is 1. The Morgan fingerprint density at radius 3 is 2.65 bits per heavy atom. The van der Waals surface area contributed by atoms with Crippen LogP contribution in [0.4, 0.5) is 0 Å². The third kappa shape index (κ3) is 4.14. The third-order valence-electron chi connectivity index (χ3n) is 4.76. The number of nitrogens with zero attached hydrogens (tertiary/aromatic N) is 2. The van der Waals surface area contributed by atoms with Crippen LogP contribution in [-0.2, 0) is 11.5 Å². The van der Waals surface area contributed by atoms with E-state index in [0.717, 1.165) is 23.0 Å². The first-order valence-corrected chi connectivity index (χ1v) is 11.7. The lowest BCUT2D eigenvalue weighted by Crippen LogP contribution is -2.40. The van der Waals surface area contributed by atoms with Crippen LogP contribution in [0.3, 0.4) is 0 Å². The predicted octanol–water partition coefficient (Wildman–Crippen LogP) is 5.76. The Labute approximate surface area is 149 Å². The van der Waals surface area contributed by atoms with Gasteiger partial charge in [-0.3, -0.25) is 4.68 Å². The van der Waals surface area contributed by atoms with Crippen LogP contribution < -0.4 is 0 Å². The average Bonchev–Trinajstić information content (AvgIpc) is 2.81. The molecule has 2 rings (SSSR count). The Kier molecular flexibility index (Phi) is 5.54. The van der Waals surface area contributed by atoms with Gasteiger partial charge in [0.15, 0.2) is 8.32 Å². The minimum Gasteiger partial charge on any atom is -0.417 e. The number of halogens is 1. The van der Waals surface area contributed by atoms with E-state index in [1.54, 1.807) is 0 Å². The van der Waals surface area contributed by atoms with Gasteiger partial charge in [-0.2, -0.15) is 5.10 Å². The Morgan fingerprint density at radius 2 is 2.00 bits per heavy atom. The molecule has 126 valence electrons. The van der Waals surface area contributed by atoms with Crippen molar-refractivity contribution in [3.05, 3.63) is 34.4 Å². The molecule has 0 saturated carbocycles. The monoisotopic (exact) mass is 394 g/mol. The number of aryl methyl sites for hydroxylation is 1. The molecule has 0 bridgehead atoms. The molecule has 0 atom stereocenters. The van der Waals surface area contributed by atoms with Gasteiger partial charge in [-0.15, -0.1) is 0 Å². The van der Waals surface area contributed by atoms with Crippen molar-refractivity contribution in [2.45, 2.75) is 45.3 Å². The molecule has 5 heteroatoms. The Hall–Kier alpha value is -0.913. The molecule has 2 aromatic rings. The Balaban J connectivity index is 2.03. The predicted molar refractivity (Wildman–Crippen MR) is 105 cm³/mol. The first-order chi connectivity index (χ1) is 10.6. The summed E-state index contributed by atoms with van der Waals surface area (Å²) >= 11 is 3.64. The van der Waals surface area contributed by atoms with Crippen LogP contribution in [0.15, 0.2) is 28.9 Å². The van der Waals surface area contributed by atoms with Gasteiger partial charge in [0.2, 0.25) is 0 Å². The lowest BCUT2D eigenvalue weighted by Gasteiger charge is -2.36. The van der Waals surface area contributed by atoms with Crippen LogP contribution in [0.5, 0.6) is 0 Å². The molecule has 0 saturated heterocycles. The fraction of sp³-hybridized carbons (Fsp3) is 0.500. The van der Waals surface area contributed by atoms with Crippen LogP contribution in [-0.4, -0.2) is 24.7 Å². The number of hydrogen-bond acceptors (Lipinski definition) is 2. The van der Waals surface area contributed by atoms with Crippen LogP contribution in [0.1, 0.15) is 32.8 Å². The number of hydrogen-bond donors (Lipinski definition) is 0. The van der Waals surface area contributed by atoms with Crippen molar-refractivity contribution in [1.29, 1.82) is 0 Å². The van der Waals surface area contributed by atoms with Crippen molar-refractivity contribution in [3.8, 4) is 0 Å². The lowest BCUT2D eigenvalue weighted by molar-refractivity contribution is 0.294. The van der Waals surface area contributed by atoms with Crippen LogP contribution in [0, 0.1) is 0 Å². The summed E-state index contributed by atoms with van der Waals surface area (Å²) in [5, 5.41) is 5.78. The minimum absolute atomic E-state index is 0.265. The summed E-state index contributed by atoms with van der Waals surface area (Å²) < 4.78 is 9.21. The summed E-state index contributed by atoms with van der Waals surface area (Å²) in [4.78, 5) is 0. The zero-order chi connectivity index (χ0) is 17.3. The second kappa shape index (κ2) is 6.91. The van der Waals surface area contributed by atoms with Crippen molar-refractivity contribution in [3.63, 3.8) is 0 Å². The topological polar surface area (TPSA) is 27.1 Å². The van der Waals surface area contributed by atoms with E-state index in [9.17, 15) is 0 Å². The molecule has 0 fully saturated rings. The highest BCUT2D eigenvalue weighted by atomic mass is 79.9. The standard InChI is InChI=1S/C18H27BrN2OSi/c1-18(2,3)23(5,6)22-12-8-7-9-14-15-13-20-21(4)17(15)11-10-16(14)19/h7,9-11,13H,8,12H2,1-6H3/b9-7+. The van der Waals surface area contributed by atoms with E-state index in [2.05, 4.69) is 79.2 Å². The van der Waals surface area contributed by atoms with E-state index in [0.29, 0.717) is 0 Å². The molecule has 3 nitrogen and oxygen atoms in total. The first kappa shape index (κ1) is 18.4. The summed E-state index contributed by atoms with van der Waals surface area (Å²) in [7, 11) is 0.327. The number of rotatable bonds is 5. The number of aromatic nitrogens is 2. The van der Waals surface area contributed by atoms with Crippen LogP contribution in [0.25, 0.3) is 17.0 Å². The maximum Gasteiger partial charge on any atom is 0.191 e. The average molecular weight is 395 g/mol. The normalized spacial score (nSPS) is 13.3. The number of benzene rings is 1. The maximum absolute atomic E-state index is 6.21. The summed E-state index contributed by atoms with van der Waals surface area (Å²) in [6.07, 6.45) is 7.21. The van der Waals surface area contributed by atoms with Crippen molar-refractivity contribution in [2.75, 3.05) is 6.61 Å². The Bertz CT molecular complexity index is 714. The molecule has 1 heterocycles. The van der Waals surface area contributed by atoms with Gasteiger partial charge in [0.25, 0.3) is 0 Å². The fourth-order valence-electron chi connectivity index (χ4n) is 2.19. The molecule has 0 aliphatic heterocycles. The summed E-state index contributed by atoms with van der Waals surface area (Å²) in [6, 6.07) is 4.17. The second-order valence-corrected chi connectivity index (χ2v) is 13.1. The minimum atomic E-state index is -1.64. The van der Waals surface area contributed by atoms with Gasteiger partial charge in [0.05, 0.1) is 11.7 Å². The highest BCUT2D eigenvalue weighted by Crippen LogP contribution is 2.36. The van der Waals surface area contributed by atoms with E-state index in [1.165, 1.54) is 10.9 Å². The smallest absolute Gasteiger partial charge is 0.191 e. The zero-order valence-electron chi connectivity index (χ0n) is 15.0. The van der Waals surface area contributed by atoms with Gasteiger partial charge < -0.3 is 4.43 Å². The molecule has 0 amide bonds. The molecule has 1 aromatic heterocycles. The summed E-state index contributed by atoms with van der Waals surface area (Å²) in [5.74, 6) is 0. The third-order valence-corrected chi connectivity index (χ3v) is 9.99. The van der Waals surface area contributed by atoms with Crippen molar-refractivity contribution < 1.29 is 4.43 Å². The highest BCUT2D eigenvalue weighted by Gasteiger charge is 2.36. The molecule has 0 unspecified atom stereocenters. The van der Waals surface area contributed by atoms with E-state index in [-0.39, 0.29) is 5.04 Å². The largest absolute Gasteiger partial charge is 0.417 e. The molecule has 0 spiro atoms. The van der Waals surface area contributed by atoms with Crippen molar-refractivity contribution >= 4 is 41.2 Å². The zero-order valence-corrected chi connectivity index (χ0v) is 17.6. The van der Waals surface area contributed by atoms with Gasteiger partial charge in [-0.05, 0) is 42.2 Å². The van der Waals surface area contributed by atoms with Crippen LogP contribution >= 0.6 is 15.9 Å². The summed E-state index contributed by atoms with van der Waals surface area (Å²) in [6.45, 7) is 12.2. The quantitative estimate of drug-likeness (QED) is 0.475. The molecule has 1 aromatic carbocycles. The fourth-order valence-corrected chi connectivity index (χ4v) is 3.73. The molecule has 23 heavy (non-hydrogen) atoms. The summed E-state index contributed by atoms with van der Waals surface area (Å²) in [5.41, 5.74) is 2.33.